The minimum absolute atomic E-state index is 0.617. The van der Waals surface area contributed by atoms with Crippen LogP contribution in [0, 0.1) is 0 Å². The molecule has 0 amide bonds. The number of hydrogen-bond acceptors (Lipinski definition) is 3. The van der Waals surface area contributed by atoms with E-state index < -0.39 is 0 Å². The van der Waals surface area contributed by atoms with Crippen molar-refractivity contribution < 1.29 is 4.74 Å². The molecule has 0 aliphatic carbocycles. The van der Waals surface area contributed by atoms with Crippen molar-refractivity contribution in [2.75, 3.05) is 13.2 Å². The van der Waals surface area contributed by atoms with Gasteiger partial charge in [0.05, 0.1) is 24.6 Å². The monoisotopic (exact) mass is 122 g/mol. The highest BCUT2D eigenvalue weighted by Gasteiger charge is 2.12. The van der Waals surface area contributed by atoms with Crippen LogP contribution in [0.1, 0.15) is 0 Å². The summed E-state index contributed by atoms with van der Waals surface area (Å²) in [5.41, 5.74) is 1.95. The van der Waals surface area contributed by atoms with Crippen molar-refractivity contribution in [2.24, 2.45) is 9.98 Å². The molecule has 0 saturated heterocycles. The lowest BCUT2D eigenvalue weighted by Crippen LogP contribution is -2.14. The van der Waals surface area contributed by atoms with Gasteiger partial charge in [0, 0.05) is 0 Å². The molecule has 0 atom stereocenters. The smallest absolute Gasteiger partial charge is 0.116 e. The molecule has 0 aromatic carbocycles. The molecule has 46 valence electrons. The van der Waals surface area contributed by atoms with E-state index in [4.69, 9.17) is 4.74 Å². The van der Waals surface area contributed by atoms with Gasteiger partial charge in [0.25, 0.3) is 0 Å². The summed E-state index contributed by atoms with van der Waals surface area (Å²) in [6, 6.07) is 0. The van der Waals surface area contributed by atoms with Gasteiger partial charge in [-0.15, -0.1) is 0 Å². The van der Waals surface area contributed by atoms with Gasteiger partial charge in [0.1, 0.15) is 6.34 Å². The Morgan fingerprint density at radius 2 is 2.56 bits per heavy atom. The van der Waals surface area contributed by atoms with Crippen molar-refractivity contribution in [3.8, 4) is 0 Å². The maximum Gasteiger partial charge on any atom is 0.116 e. The highest BCUT2D eigenvalue weighted by atomic mass is 16.5. The van der Waals surface area contributed by atoms with Gasteiger partial charge < -0.3 is 4.74 Å². The zero-order valence-electron chi connectivity index (χ0n) is 4.87. The Kier molecular flexibility index (Phi) is 0.960. The van der Waals surface area contributed by atoms with Crippen LogP contribution in [0.25, 0.3) is 0 Å². The fraction of sp³-hybridized carbons (Fsp3) is 0.333. The first kappa shape index (κ1) is 4.88. The molecular weight excluding hydrogens is 116 g/mol. The summed E-state index contributed by atoms with van der Waals surface area (Å²) < 4.78 is 5.10. The van der Waals surface area contributed by atoms with Crippen molar-refractivity contribution in [2.45, 2.75) is 0 Å². The molecule has 2 aliphatic rings. The number of ether oxygens (including phenoxy) is 1. The van der Waals surface area contributed by atoms with Crippen LogP contribution in [0.3, 0.4) is 0 Å². The Hall–Kier alpha value is -0.960. The van der Waals surface area contributed by atoms with Crippen LogP contribution in [0.15, 0.2) is 21.8 Å². The molecule has 2 rings (SSSR count). The van der Waals surface area contributed by atoms with Gasteiger partial charge >= 0.3 is 0 Å². The van der Waals surface area contributed by atoms with E-state index in [2.05, 4.69) is 9.98 Å². The molecule has 0 unspecified atom stereocenters. The summed E-state index contributed by atoms with van der Waals surface area (Å²) in [6.45, 7) is 1.29. The van der Waals surface area contributed by atoms with E-state index in [0.29, 0.717) is 13.2 Å². The molecule has 3 nitrogen and oxygen atoms in total. The second-order valence-corrected chi connectivity index (χ2v) is 1.92. The summed E-state index contributed by atoms with van der Waals surface area (Å²) in [4.78, 5) is 8.00. The second-order valence-electron chi connectivity index (χ2n) is 1.92. The summed E-state index contributed by atoms with van der Waals surface area (Å²) in [5.74, 6) is 0. The number of hydrogen-bond donors (Lipinski definition) is 0. The fourth-order valence-electron chi connectivity index (χ4n) is 0.877. The summed E-state index contributed by atoms with van der Waals surface area (Å²) in [6.07, 6.45) is 3.50. The average molecular weight is 122 g/mol. The van der Waals surface area contributed by atoms with Crippen LogP contribution in [0.2, 0.25) is 0 Å². The van der Waals surface area contributed by atoms with Gasteiger partial charge in [0.2, 0.25) is 0 Å². The van der Waals surface area contributed by atoms with Gasteiger partial charge in [-0.2, -0.15) is 0 Å². The van der Waals surface area contributed by atoms with E-state index in [1.54, 1.807) is 6.34 Å². The molecule has 0 radical (unpaired) electrons. The van der Waals surface area contributed by atoms with E-state index in [0.717, 1.165) is 11.4 Å². The Balaban J connectivity index is 2.38. The van der Waals surface area contributed by atoms with Gasteiger partial charge in [-0.3, -0.25) is 0 Å². The first-order valence-electron chi connectivity index (χ1n) is 2.84. The Bertz CT molecular complexity index is 215. The lowest BCUT2D eigenvalue weighted by Gasteiger charge is -2.07. The predicted molar refractivity (Wildman–Crippen MR) is 34.8 cm³/mol. The number of fused-ring (bicyclic) bond motifs is 1. The Labute approximate surface area is 52.8 Å². The highest BCUT2D eigenvalue weighted by molar-refractivity contribution is 6.08. The molecule has 0 aromatic rings. The van der Waals surface area contributed by atoms with Crippen molar-refractivity contribution >= 4 is 12.1 Å². The molecule has 9 heavy (non-hydrogen) atoms. The quantitative estimate of drug-likeness (QED) is 0.457. The third kappa shape index (κ3) is 0.695. The van der Waals surface area contributed by atoms with Crippen LogP contribution in [-0.2, 0) is 4.74 Å². The SMILES string of the molecule is C1=NC2=CCOCC2=N1. The van der Waals surface area contributed by atoms with E-state index >= 15 is 0 Å². The van der Waals surface area contributed by atoms with E-state index in [1.807, 2.05) is 6.08 Å². The van der Waals surface area contributed by atoms with Gasteiger partial charge in [-0.05, 0) is 6.08 Å². The number of nitrogens with zero attached hydrogens (tertiary/aromatic N) is 2. The second kappa shape index (κ2) is 1.77. The molecule has 3 heteroatoms. The minimum atomic E-state index is 0.617. The van der Waals surface area contributed by atoms with Crippen LogP contribution in [-0.4, -0.2) is 25.3 Å². The predicted octanol–water partition coefficient (Wildman–Crippen LogP) is 0.383. The van der Waals surface area contributed by atoms with E-state index in [9.17, 15) is 0 Å². The summed E-state index contributed by atoms with van der Waals surface area (Å²) >= 11 is 0. The number of aliphatic imine (C=N–C) groups is 2. The van der Waals surface area contributed by atoms with Crippen LogP contribution < -0.4 is 0 Å². The Morgan fingerprint density at radius 1 is 1.56 bits per heavy atom. The normalized spacial score (nSPS) is 23.1. The van der Waals surface area contributed by atoms with E-state index in [1.165, 1.54) is 0 Å². The van der Waals surface area contributed by atoms with Crippen LogP contribution in [0.4, 0.5) is 0 Å². The molecule has 0 spiro atoms. The van der Waals surface area contributed by atoms with Crippen molar-refractivity contribution in [1.29, 1.82) is 0 Å². The van der Waals surface area contributed by atoms with E-state index in [-0.39, 0.29) is 0 Å². The largest absolute Gasteiger partial charge is 0.371 e. The van der Waals surface area contributed by atoms with Crippen LogP contribution in [0.5, 0.6) is 0 Å². The maximum absolute atomic E-state index is 5.10. The van der Waals surface area contributed by atoms with Gasteiger partial charge in [0.15, 0.2) is 0 Å². The average Bonchev–Trinajstić information content (AvgIpc) is 2.33. The van der Waals surface area contributed by atoms with Crippen molar-refractivity contribution in [1.82, 2.24) is 0 Å². The third-order valence-electron chi connectivity index (χ3n) is 1.34. The molecule has 0 N–H and O–H groups in total. The third-order valence-corrected chi connectivity index (χ3v) is 1.34. The first-order chi connectivity index (χ1) is 4.47. The summed E-state index contributed by atoms with van der Waals surface area (Å²) in [7, 11) is 0. The summed E-state index contributed by atoms with van der Waals surface area (Å²) in [5, 5.41) is 0. The standard InChI is InChI=1S/C6H6N2O/c1-2-9-3-6-5(1)7-4-8-6/h1,4H,2-3H2. The van der Waals surface area contributed by atoms with Crippen LogP contribution >= 0.6 is 0 Å². The Morgan fingerprint density at radius 3 is 3.44 bits per heavy atom. The molecule has 0 fully saturated rings. The first-order valence-corrected chi connectivity index (χ1v) is 2.84. The maximum atomic E-state index is 5.10. The highest BCUT2D eigenvalue weighted by Crippen LogP contribution is 2.10. The molecule has 0 bridgehead atoms. The van der Waals surface area contributed by atoms with Gasteiger partial charge in [-0.25, -0.2) is 9.98 Å². The zero-order valence-corrected chi connectivity index (χ0v) is 4.87. The minimum Gasteiger partial charge on any atom is -0.371 e. The number of rotatable bonds is 0. The van der Waals surface area contributed by atoms with Crippen molar-refractivity contribution in [3.63, 3.8) is 0 Å². The molecule has 0 saturated carbocycles. The van der Waals surface area contributed by atoms with Crippen molar-refractivity contribution in [3.05, 3.63) is 11.8 Å². The molecule has 2 heterocycles. The lowest BCUT2D eigenvalue weighted by molar-refractivity contribution is 0.199. The topological polar surface area (TPSA) is 34.0 Å². The zero-order chi connectivity index (χ0) is 6.10. The lowest BCUT2D eigenvalue weighted by atomic mass is 10.2. The molecule has 0 aromatic heterocycles. The fourth-order valence-corrected chi connectivity index (χ4v) is 0.877. The van der Waals surface area contributed by atoms with Gasteiger partial charge in [-0.1, -0.05) is 0 Å². The molecule has 2 aliphatic heterocycles. The molecular formula is C6H6N2O.